The number of aliphatic hydroxyl groups is 1. The maximum absolute atomic E-state index is 13.0. The maximum Gasteiger partial charge on any atom is 0.258 e. The zero-order chi connectivity index (χ0) is 26.0. The summed E-state index contributed by atoms with van der Waals surface area (Å²) in [5.74, 6) is -0.514. The molecule has 1 aliphatic rings. The molecule has 1 aromatic heterocycles. The molecule has 0 radical (unpaired) electrons. The van der Waals surface area contributed by atoms with Gasteiger partial charge in [-0.1, -0.05) is 48.0 Å². The van der Waals surface area contributed by atoms with E-state index in [0.717, 1.165) is 5.56 Å². The summed E-state index contributed by atoms with van der Waals surface area (Å²) in [7, 11) is 3.33. The van der Waals surface area contributed by atoms with Gasteiger partial charge in [-0.3, -0.25) is 14.4 Å². The fraction of sp³-hybridized carbons (Fsp3) is 0.321. The van der Waals surface area contributed by atoms with E-state index in [2.05, 4.69) is 0 Å². The molecule has 36 heavy (non-hydrogen) atoms. The number of carbonyl (C=O) groups is 2. The Balaban J connectivity index is 1.45. The van der Waals surface area contributed by atoms with Gasteiger partial charge in [-0.2, -0.15) is 0 Å². The van der Waals surface area contributed by atoms with E-state index in [4.69, 9.17) is 11.6 Å². The Labute approximate surface area is 215 Å². The summed E-state index contributed by atoms with van der Waals surface area (Å²) in [6.07, 6.45) is 3.00. The van der Waals surface area contributed by atoms with Crippen LogP contribution in [0.1, 0.15) is 41.7 Å². The Morgan fingerprint density at radius 3 is 2.22 bits per heavy atom. The van der Waals surface area contributed by atoms with Crippen molar-refractivity contribution in [2.45, 2.75) is 31.4 Å². The highest BCUT2D eigenvalue weighted by molar-refractivity contribution is 6.34. The minimum absolute atomic E-state index is 0.0408. The predicted octanol–water partition coefficient (Wildman–Crippen LogP) is 3.94. The van der Waals surface area contributed by atoms with Crippen LogP contribution in [0.2, 0.25) is 5.02 Å². The number of benzene rings is 2. The quantitative estimate of drug-likeness (QED) is 0.567. The number of halogens is 1. The zero-order valence-electron chi connectivity index (χ0n) is 20.6. The second-order valence-electron chi connectivity index (χ2n) is 9.52. The number of hydrogen-bond acceptors (Lipinski definition) is 4. The molecule has 8 heteroatoms. The largest absolute Gasteiger partial charge is 0.376 e. The number of aromatic nitrogens is 1. The van der Waals surface area contributed by atoms with Crippen molar-refractivity contribution in [2.24, 2.45) is 0 Å². The molecule has 0 saturated carbocycles. The Morgan fingerprint density at radius 1 is 1.00 bits per heavy atom. The number of pyridine rings is 1. The number of rotatable bonds is 5. The SMILES string of the molecule is CN(C)C(=O)c1ccc(-c2ccn(C3CCN(C(=O)C(C)(O)c4ccccc4)CC3)c(=O)c2)cc1Cl. The summed E-state index contributed by atoms with van der Waals surface area (Å²) in [6.45, 7) is 2.43. The first kappa shape index (κ1) is 25.7. The van der Waals surface area contributed by atoms with Gasteiger partial charge in [-0.05, 0) is 54.7 Å². The molecule has 2 heterocycles. The fourth-order valence-corrected chi connectivity index (χ4v) is 4.88. The number of carbonyl (C=O) groups excluding carboxylic acids is 2. The van der Waals surface area contributed by atoms with E-state index in [1.165, 1.54) is 11.8 Å². The van der Waals surface area contributed by atoms with Crippen molar-refractivity contribution in [2.75, 3.05) is 27.2 Å². The van der Waals surface area contributed by atoms with Crippen molar-refractivity contribution in [1.29, 1.82) is 0 Å². The lowest BCUT2D eigenvalue weighted by atomic mass is 9.93. The van der Waals surface area contributed by atoms with Gasteiger partial charge in [0.1, 0.15) is 0 Å². The van der Waals surface area contributed by atoms with Gasteiger partial charge in [-0.15, -0.1) is 0 Å². The highest BCUT2D eigenvalue weighted by atomic mass is 35.5. The molecular formula is C28H30ClN3O4. The van der Waals surface area contributed by atoms with Crippen LogP contribution in [0, 0.1) is 0 Å². The first-order chi connectivity index (χ1) is 17.1. The molecule has 1 aliphatic heterocycles. The van der Waals surface area contributed by atoms with E-state index in [1.54, 1.807) is 78.3 Å². The number of nitrogens with zero attached hydrogens (tertiary/aromatic N) is 3. The van der Waals surface area contributed by atoms with Crippen LogP contribution in [0.25, 0.3) is 11.1 Å². The third-order valence-corrected chi connectivity index (χ3v) is 7.10. The normalized spacial score (nSPS) is 15.9. The molecule has 0 bridgehead atoms. The van der Waals surface area contributed by atoms with Crippen molar-refractivity contribution in [1.82, 2.24) is 14.4 Å². The Kier molecular flexibility index (Phi) is 7.33. The zero-order valence-corrected chi connectivity index (χ0v) is 21.4. The lowest BCUT2D eigenvalue weighted by molar-refractivity contribution is -0.152. The minimum Gasteiger partial charge on any atom is -0.376 e. The van der Waals surface area contributed by atoms with Crippen molar-refractivity contribution in [3.63, 3.8) is 0 Å². The lowest BCUT2D eigenvalue weighted by Crippen LogP contribution is -2.49. The molecule has 0 spiro atoms. The van der Waals surface area contributed by atoms with Crippen LogP contribution in [0.4, 0.5) is 0 Å². The molecule has 1 fully saturated rings. The molecule has 4 rings (SSSR count). The van der Waals surface area contributed by atoms with E-state index < -0.39 is 5.60 Å². The number of amides is 2. The van der Waals surface area contributed by atoms with Crippen LogP contribution in [0.3, 0.4) is 0 Å². The van der Waals surface area contributed by atoms with Crippen molar-refractivity contribution in [3.8, 4) is 11.1 Å². The molecule has 3 aromatic rings. The number of likely N-dealkylation sites (tertiary alicyclic amines) is 1. The van der Waals surface area contributed by atoms with E-state index in [-0.39, 0.29) is 23.4 Å². The van der Waals surface area contributed by atoms with Crippen LogP contribution in [-0.2, 0) is 10.4 Å². The van der Waals surface area contributed by atoms with Gasteiger partial charge >= 0.3 is 0 Å². The standard InChI is InChI=1S/C28H30ClN3O4/c1-28(36,21-7-5-4-6-8-21)27(35)31-14-12-22(13-15-31)32-16-11-20(18-25(32)33)19-9-10-23(24(29)17-19)26(34)30(2)3/h4-11,16-18,22,36H,12-15H2,1-3H3. The van der Waals surface area contributed by atoms with Crippen LogP contribution in [0.15, 0.2) is 71.7 Å². The predicted molar refractivity (Wildman–Crippen MR) is 140 cm³/mol. The molecular weight excluding hydrogens is 478 g/mol. The number of piperidine rings is 1. The van der Waals surface area contributed by atoms with Gasteiger partial charge in [0.25, 0.3) is 17.4 Å². The molecule has 1 N–H and O–H groups in total. The van der Waals surface area contributed by atoms with Gasteiger partial charge < -0.3 is 19.5 Å². The van der Waals surface area contributed by atoms with Crippen molar-refractivity contribution < 1.29 is 14.7 Å². The third-order valence-electron chi connectivity index (χ3n) is 6.78. The molecule has 7 nitrogen and oxygen atoms in total. The summed E-state index contributed by atoms with van der Waals surface area (Å²) in [6, 6.07) is 17.5. The second kappa shape index (κ2) is 10.3. The van der Waals surface area contributed by atoms with Crippen LogP contribution >= 0.6 is 11.6 Å². The Hall–Kier alpha value is -3.42. The Morgan fingerprint density at radius 2 is 1.64 bits per heavy atom. The van der Waals surface area contributed by atoms with Crippen LogP contribution < -0.4 is 5.56 Å². The molecule has 1 saturated heterocycles. The minimum atomic E-state index is -1.60. The van der Waals surface area contributed by atoms with Crippen molar-refractivity contribution in [3.05, 3.63) is 93.4 Å². The molecule has 2 amide bonds. The van der Waals surface area contributed by atoms with Crippen LogP contribution in [0.5, 0.6) is 0 Å². The van der Waals surface area contributed by atoms with Gasteiger partial charge in [0.15, 0.2) is 5.60 Å². The molecule has 1 atom stereocenters. The molecule has 1 unspecified atom stereocenters. The first-order valence-electron chi connectivity index (χ1n) is 11.9. The third kappa shape index (κ3) is 5.08. The van der Waals surface area contributed by atoms with Gasteiger partial charge in [0.2, 0.25) is 0 Å². The van der Waals surface area contributed by atoms with Gasteiger partial charge in [0.05, 0.1) is 10.6 Å². The van der Waals surface area contributed by atoms with E-state index >= 15 is 0 Å². The van der Waals surface area contributed by atoms with E-state index in [0.29, 0.717) is 47.6 Å². The molecule has 188 valence electrons. The second-order valence-corrected chi connectivity index (χ2v) is 9.92. The van der Waals surface area contributed by atoms with Gasteiger partial charge in [-0.25, -0.2) is 0 Å². The summed E-state index contributed by atoms with van der Waals surface area (Å²) in [5, 5.41) is 11.2. The van der Waals surface area contributed by atoms with Crippen molar-refractivity contribution >= 4 is 23.4 Å². The average molecular weight is 508 g/mol. The number of hydrogen-bond donors (Lipinski definition) is 1. The Bertz CT molecular complexity index is 1330. The summed E-state index contributed by atoms with van der Waals surface area (Å²) in [4.78, 5) is 41.4. The van der Waals surface area contributed by atoms with E-state index in [9.17, 15) is 19.5 Å². The fourth-order valence-electron chi connectivity index (χ4n) is 4.62. The monoisotopic (exact) mass is 507 g/mol. The summed E-state index contributed by atoms with van der Waals surface area (Å²) < 4.78 is 1.70. The molecule has 2 aromatic carbocycles. The summed E-state index contributed by atoms with van der Waals surface area (Å²) >= 11 is 6.34. The average Bonchev–Trinajstić information content (AvgIpc) is 2.88. The lowest BCUT2D eigenvalue weighted by Gasteiger charge is -2.37. The highest BCUT2D eigenvalue weighted by Gasteiger charge is 2.37. The van der Waals surface area contributed by atoms with E-state index in [1.807, 2.05) is 12.1 Å². The van der Waals surface area contributed by atoms with Crippen LogP contribution in [-0.4, -0.2) is 58.5 Å². The highest BCUT2D eigenvalue weighted by Crippen LogP contribution is 2.29. The topological polar surface area (TPSA) is 82.8 Å². The maximum atomic E-state index is 13.0. The summed E-state index contributed by atoms with van der Waals surface area (Å²) in [5.41, 5.74) is 0.699. The first-order valence-corrected chi connectivity index (χ1v) is 12.3. The van der Waals surface area contributed by atoms with Gasteiger partial charge in [0, 0.05) is 45.5 Å². The molecule has 0 aliphatic carbocycles. The smallest absolute Gasteiger partial charge is 0.258 e.